The highest BCUT2D eigenvalue weighted by atomic mass is 35.5. The smallest absolute Gasteiger partial charge is 0.243 e. The van der Waals surface area contributed by atoms with Crippen molar-refractivity contribution >= 4 is 35.2 Å². The zero-order valence-electron chi connectivity index (χ0n) is 18.2. The van der Waals surface area contributed by atoms with Gasteiger partial charge < -0.3 is 10.2 Å². The second kappa shape index (κ2) is 12.0. The van der Waals surface area contributed by atoms with Crippen molar-refractivity contribution in [3.8, 4) is 0 Å². The van der Waals surface area contributed by atoms with Crippen LogP contribution in [0, 0.1) is 6.92 Å². The molecule has 2 amide bonds. The molecule has 1 N–H and O–H groups in total. The Morgan fingerprint density at radius 3 is 2.33 bits per heavy atom. The Hall–Kier alpha value is -1.98. The molecule has 4 nitrogen and oxygen atoms in total. The van der Waals surface area contributed by atoms with E-state index in [0.717, 1.165) is 22.4 Å². The quantitative estimate of drug-likeness (QED) is 0.493. The lowest BCUT2D eigenvalue weighted by Crippen LogP contribution is -2.51. The molecule has 2 aromatic rings. The minimum Gasteiger partial charge on any atom is -0.352 e. The Bertz CT molecular complexity index is 841. The number of hydrogen-bond acceptors (Lipinski definition) is 3. The Kier molecular flexibility index (Phi) is 9.73. The number of carbonyl (C=O) groups is 2. The van der Waals surface area contributed by atoms with E-state index in [1.165, 1.54) is 11.8 Å². The number of halogens is 1. The van der Waals surface area contributed by atoms with Crippen LogP contribution in [0.2, 0.25) is 5.02 Å². The molecule has 0 bridgehead atoms. The Morgan fingerprint density at radius 2 is 1.73 bits per heavy atom. The van der Waals surface area contributed by atoms with Gasteiger partial charge in [-0.3, -0.25) is 9.59 Å². The van der Waals surface area contributed by atoms with Crippen LogP contribution in [0.4, 0.5) is 0 Å². The van der Waals surface area contributed by atoms with Crippen LogP contribution < -0.4 is 5.32 Å². The van der Waals surface area contributed by atoms with Gasteiger partial charge in [0.05, 0.1) is 5.75 Å². The van der Waals surface area contributed by atoms with Gasteiger partial charge in [-0.15, -0.1) is 11.8 Å². The van der Waals surface area contributed by atoms with Crippen LogP contribution in [0.3, 0.4) is 0 Å². The average Bonchev–Trinajstić information content (AvgIpc) is 2.74. The number of aryl methyl sites for hydroxylation is 1. The first kappa shape index (κ1) is 24.3. The van der Waals surface area contributed by atoms with Crippen LogP contribution in [0.5, 0.6) is 0 Å². The molecule has 2 atom stereocenters. The summed E-state index contributed by atoms with van der Waals surface area (Å²) in [6.45, 7) is 8.41. The van der Waals surface area contributed by atoms with E-state index in [4.69, 9.17) is 11.6 Å². The molecule has 30 heavy (non-hydrogen) atoms. The van der Waals surface area contributed by atoms with E-state index < -0.39 is 6.04 Å². The topological polar surface area (TPSA) is 49.4 Å². The van der Waals surface area contributed by atoms with Gasteiger partial charge in [0, 0.05) is 22.5 Å². The van der Waals surface area contributed by atoms with Crippen molar-refractivity contribution in [1.82, 2.24) is 10.2 Å². The van der Waals surface area contributed by atoms with E-state index in [1.54, 1.807) is 4.90 Å². The largest absolute Gasteiger partial charge is 0.352 e. The van der Waals surface area contributed by atoms with Crippen molar-refractivity contribution in [1.29, 1.82) is 0 Å². The van der Waals surface area contributed by atoms with E-state index in [9.17, 15) is 9.59 Å². The molecule has 162 valence electrons. The maximum absolute atomic E-state index is 13.3. The molecule has 0 aliphatic heterocycles. The standard InChI is InChI=1S/C24H31ClN2O2S/c1-5-18(4)26-24(29)22(6-2)27(15-19-10-8-7-9-17(19)3)23(28)16-30-21-13-11-20(25)12-14-21/h7-14,18,22H,5-6,15-16H2,1-4H3,(H,26,29)/t18-,22+/m1/s1. The number of rotatable bonds is 10. The number of benzene rings is 2. The molecule has 2 rings (SSSR count). The van der Waals surface area contributed by atoms with Crippen molar-refractivity contribution in [3.63, 3.8) is 0 Å². The minimum atomic E-state index is -0.503. The molecule has 0 spiro atoms. The van der Waals surface area contributed by atoms with Gasteiger partial charge in [-0.2, -0.15) is 0 Å². The van der Waals surface area contributed by atoms with Gasteiger partial charge >= 0.3 is 0 Å². The normalized spacial score (nSPS) is 12.8. The summed E-state index contributed by atoms with van der Waals surface area (Å²) in [6.07, 6.45) is 1.41. The Labute approximate surface area is 189 Å². The summed E-state index contributed by atoms with van der Waals surface area (Å²) in [5.41, 5.74) is 2.16. The molecule has 0 aliphatic rings. The third kappa shape index (κ3) is 7.06. The average molecular weight is 447 g/mol. The number of nitrogens with one attached hydrogen (secondary N) is 1. The highest BCUT2D eigenvalue weighted by Gasteiger charge is 2.29. The maximum atomic E-state index is 13.3. The highest BCUT2D eigenvalue weighted by Crippen LogP contribution is 2.23. The molecule has 0 aromatic heterocycles. The number of amides is 2. The Morgan fingerprint density at radius 1 is 1.07 bits per heavy atom. The lowest BCUT2D eigenvalue weighted by Gasteiger charge is -2.32. The molecule has 0 aliphatic carbocycles. The fourth-order valence-corrected chi connectivity index (χ4v) is 4.00. The molecule has 2 aromatic carbocycles. The first-order chi connectivity index (χ1) is 14.3. The van der Waals surface area contributed by atoms with Crippen LogP contribution in [-0.2, 0) is 16.1 Å². The third-order valence-electron chi connectivity index (χ3n) is 5.16. The predicted molar refractivity (Wildman–Crippen MR) is 126 cm³/mol. The van der Waals surface area contributed by atoms with E-state index in [2.05, 4.69) is 5.32 Å². The summed E-state index contributed by atoms with van der Waals surface area (Å²) in [5.74, 6) is 0.121. The SMILES string of the molecule is CC[C@@H](C)NC(=O)[C@H](CC)N(Cc1ccccc1C)C(=O)CSc1ccc(Cl)cc1. The summed E-state index contributed by atoms with van der Waals surface area (Å²) in [5, 5.41) is 3.71. The van der Waals surface area contributed by atoms with Gasteiger partial charge in [-0.25, -0.2) is 0 Å². The summed E-state index contributed by atoms with van der Waals surface area (Å²) in [6, 6.07) is 15.0. The van der Waals surface area contributed by atoms with Crippen molar-refractivity contribution in [2.75, 3.05) is 5.75 Å². The maximum Gasteiger partial charge on any atom is 0.243 e. The Balaban J connectivity index is 2.21. The molecule has 0 unspecified atom stereocenters. The van der Waals surface area contributed by atoms with E-state index in [-0.39, 0.29) is 23.6 Å². The fraction of sp³-hybridized carbons (Fsp3) is 0.417. The number of thioether (sulfide) groups is 1. The van der Waals surface area contributed by atoms with Crippen LogP contribution >= 0.6 is 23.4 Å². The molecule has 0 saturated heterocycles. The monoisotopic (exact) mass is 446 g/mol. The lowest BCUT2D eigenvalue weighted by molar-refractivity contribution is -0.139. The van der Waals surface area contributed by atoms with Gasteiger partial charge in [0.2, 0.25) is 11.8 Å². The van der Waals surface area contributed by atoms with Crippen molar-refractivity contribution in [2.45, 2.75) is 64.1 Å². The molecule has 0 saturated carbocycles. The molecule has 0 radical (unpaired) electrons. The fourth-order valence-electron chi connectivity index (χ4n) is 3.09. The van der Waals surface area contributed by atoms with Gasteiger partial charge in [0.25, 0.3) is 0 Å². The van der Waals surface area contributed by atoms with Crippen molar-refractivity contribution in [2.24, 2.45) is 0 Å². The van der Waals surface area contributed by atoms with Gasteiger partial charge in [0.1, 0.15) is 6.04 Å². The highest BCUT2D eigenvalue weighted by molar-refractivity contribution is 8.00. The first-order valence-corrected chi connectivity index (χ1v) is 11.7. The third-order valence-corrected chi connectivity index (χ3v) is 6.41. The van der Waals surface area contributed by atoms with Crippen molar-refractivity contribution in [3.05, 3.63) is 64.7 Å². The molecular formula is C24H31ClN2O2S. The summed E-state index contributed by atoms with van der Waals surface area (Å²) in [4.78, 5) is 28.9. The van der Waals surface area contributed by atoms with Crippen LogP contribution in [0.1, 0.15) is 44.7 Å². The zero-order chi connectivity index (χ0) is 22.1. The zero-order valence-corrected chi connectivity index (χ0v) is 19.7. The summed E-state index contributed by atoms with van der Waals surface area (Å²) < 4.78 is 0. The van der Waals surface area contributed by atoms with E-state index in [1.807, 2.05) is 76.2 Å². The number of hydrogen-bond donors (Lipinski definition) is 1. The van der Waals surface area contributed by atoms with Crippen molar-refractivity contribution < 1.29 is 9.59 Å². The van der Waals surface area contributed by atoms with E-state index >= 15 is 0 Å². The number of nitrogens with zero attached hydrogens (tertiary/aromatic N) is 1. The molecule has 6 heteroatoms. The van der Waals surface area contributed by atoms with E-state index in [0.29, 0.717) is 18.0 Å². The molecule has 0 fully saturated rings. The van der Waals surface area contributed by atoms with Crippen LogP contribution in [0.15, 0.2) is 53.4 Å². The minimum absolute atomic E-state index is 0.0515. The predicted octanol–water partition coefficient (Wildman–Crippen LogP) is 5.46. The summed E-state index contributed by atoms with van der Waals surface area (Å²) >= 11 is 7.41. The second-order valence-corrected chi connectivity index (χ2v) is 8.92. The second-order valence-electron chi connectivity index (χ2n) is 7.43. The van der Waals surface area contributed by atoms with Crippen LogP contribution in [0.25, 0.3) is 0 Å². The van der Waals surface area contributed by atoms with Gasteiger partial charge in [-0.05, 0) is 62.1 Å². The van der Waals surface area contributed by atoms with Gasteiger partial charge in [-0.1, -0.05) is 49.7 Å². The van der Waals surface area contributed by atoms with Gasteiger partial charge in [0.15, 0.2) is 0 Å². The number of carbonyl (C=O) groups excluding carboxylic acids is 2. The van der Waals surface area contributed by atoms with Crippen LogP contribution in [-0.4, -0.2) is 34.6 Å². The first-order valence-electron chi connectivity index (χ1n) is 10.4. The molecule has 0 heterocycles. The summed E-state index contributed by atoms with van der Waals surface area (Å²) in [7, 11) is 0. The lowest BCUT2D eigenvalue weighted by atomic mass is 10.1. The molecular weight excluding hydrogens is 416 g/mol.